The van der Waals surface area contributed by atoms with Crippen molar-refractivity contribution in [2.24, 2.45) is 0 Å². The molecule has 0 bridgehead atoms. The number of hydrogen-bond donors (Lipinski definition) is 3. The van der Waals surface area contributed by atoms with Crippen LogP contribution in [0.25, 0.3) is 0 Å². The van der Waals surface area contributed by atoms with Crippen molar-refractivity contribution in [2.75, 3.05) is 7.11 Å². The molecular weight excluding hydrogens is 168 g/mol. The van der Waals surface area contributed by atoms with E-state index in [0.29, 0.717) is 0 Å². The molecule has 0 saturated carbocycles. The summed E-state index contributed by atoms with van der Waals surface area (Å²) in [4.78, 5) is 20.8. The third kappa shape index (κ3) is 1.93. The van der Waals surface area contributed by atoms with Crippen LogP contribution in [0.1, 0.15) is 6.92 Å². The maximum atomic E-state index is 10.7. The van der Waals surface area contributed by atoms with Gasteiger partial charge in [-0.2, -0.15) is 0 Å². The molecule has 2 atom stereocenters. The van der Waals surface area contributed by atoms with Crippen LogP contribution in [0.3, 0.4) is 0 Å². The van der Waals surface area contributed by atoms with Gasteiger partial charge in [-0.1, -0.05) is 0 Å². The number of carboxylic acids is 1. The summed E-state index contributed by atoms with van der Waals surface area (Å²) < 4.78 is 4.07. The van der Waals surface area contributed by atoms with Crippen LogP contribution in [0.15, 0.2) is 0 Å². The van der Waals surface area contributed by atoms with Gasteiger partial charge in [-0.05, 0) is 6.92 Å². The van der Waals surface area contributed by atoms with Crippen molar-refractivity contribution in [2.45, 2.75) is 18.6 Å². The Kier molecular flexibility index (Phi) is 3.17. The molecular formula is C6H10O6. The first-order valence-electron chi connectivity index (χ1n) is 3.05. The van der Waals surface area contributed by atoms with Gasteiger partial charge in [0.2, 0.25) is 0 Å². The van der Waals surface area contributed by atoms with E-state index in [9.17, 15) is 9.59 Å². The second kappa shape index (κ2) is 3.51. The summed E-state index contributed by atoms with van der Waals surface area (Å²) >= 11 is 0. The fraction of sp³-hybridized carbons (Fsp3) is 0.667. The van der Waals surface area contributed by atoms with Gasteiger partial charge in [0.05, 0.1) is 7.11 Å². The largest absolute Gasteiger partial charge is 0.479 e. The van der Waals surface area contributed by atoms with Gasteiger partial charge < -0.3 is 20.1 Å². The summed E-state index contributed by atoms with van der Waals surface area (Å²) in [7, 11) is 0.978. The number of aliphatic carboxylic acids is 1. The molecule has 0 aromatic carbocycles. The first-order chi connectivity index (χ1) is 5.34. The lowest BCUT2D eigenvalue weighted by Gasteiger charge is -2.22. The molecule has 0 saturated heterocycles. The Balaban J connectivity index is 4.60. The van der Waals surface area contributed by atoms with E-state index < -0.39 is 23.6 Å². The summed E-state index contributed by atoms with van der Waals surface area (Å²) in [6, 6.07) is 0. The molecule has 12 heavy (non-hydrogen) atoms. The topological polar surface area (TPSA) is 104 Å². The molecule has 0 aliphatic heterocycles. The maximum absolute atomic E-state index is 10.7. The van der Waals surface area contributed by atoms with Gasteiger partial charge in [0.15, 0.2) is 11.7 Å². The third-order valence-corrected chi connectivity index (χ3v) is 1.37. The quantitative estimate of drug-likeness (QED) is 0.447. The number of rotatable bonds is 3. The zero-order chi connectivity index (χ0) is 9.94. The van der Waals surface area contributed by atoms with Crippen molar-refractivity contribution in [3.05, 3.63) is 0 Å². The molecule has 0 aliphatic carbocycles. The number of ether oxygens (including phenoxy) is 1. The number of methoxy groups -OCH3 is 1. The molecule has 3 N–H and O–H groups in total. The van der Waals surface area contributed by atoms with Gasteiger partial charge in [-0.15, -0.1) is 0 Å². The van der Waals surface area contributed by atoms with Crippen LogP contribution < -0.4 is 0 Å². The van der Waals surface area contributed by atoms with E-state index in [-0.39, 0.29) is 0 Å². The van der Waals surface area contributed by atoms with Crippen molar-refractivity contribution >= 4 is 11.9 Å². The molecule has 0 aliphatic rings. The Morgan fingerprint density at radius 2 is 1.92 bits per heavy atom. The highest BCUT2D eigenvalue weighted by Gasteiger charge is 2.44. The summed E-state index contributed by atoms with van der Waals surface area (Å²) in [6.07, 6.45) is -2.19. The Bertz CT molecular complexity index is 196. The molecule has 0 rings (SSSR count). The smallest absolute Gasteiger partial charge is 0.340 e. The van der Waals surface area contributed by atoms with Crippen LogP contribution in [0, 0.1) is 0 Å². The number of carbonyl (C=O) groups excluding carboxylic acids is 1. The average molecular weight is 178 g/mol. The maximum Gasteiger partial charge on any atom is 0.340 e. The standard InChI is InChI=1S/C6H10O6/c1-6(11,5(10)12-2)3(7)4(8)9/h3,7,11H,1-2H3,(H,8,9)/t3-,6+/m1/s1. The van der Waals surface area contributed by atoms with Crippen LogP contribution in [0.5, 0.6) is 0 Å². The van der Waals surface area contributed by atoms with Crippen LogP contribution >= 0.6 is 0 Å². The van der Waals surface area contributed by atoms with Gasteiger partial charge in [0.25, 0.3) is 0 Å². The van der Waals surface area contributed by atoms with E-state index >= 15 is 0 Å². The van der Waals surface area contributed by atoms with Crippen molar-refractivity contribution < 1.29 is 29.6 Å². The predicted molar refractivity (Wildman–Crippen MR) is 36.3 cm³/mol. The highest BCUT2D eigenvalue weighted by Crippen LogP contribution is 2.11. The SMILES string of the molecule is COC(=O)[C@@](C)(O)[C@H](O)C(=O)O. The summed E-state index contributed by atoms with van der Waals surface area (Å²) in [5.41, 5.74) is -2.42. The zero-order valence-electron chi connectivity index (χ0n) is 6.64. The number of carboxylic acid groups (broad SMARTS) is 1. The van der Waals surface area contributed by atoms with E-state index in [4.69, 9.17) is 15.3 Å². The third-order valence-electron chi connectivity index (χ3n) is 1.37. The van der Waals surface area contributed by atoms with Crippen molar-refractivity contribution in [1.29, 1.82) is 0 Å². The lowest BCUT2D eigenvalue weighted by atomic mass is 10.00. The van der Waals surface area contributed by atoms with Gasteiger partial charge in [-0.3, -0.25) is 0 Å². The van der Waals surface area contributed by atoms with Crippen LogP contribution in [0.2, 0.25) is 0 Å². The monoisotopic (exact) mass is 178 g/mol. The molecule has 0 unspecified atom stereocenters. The Morgan fingerprint density at radius 3 is 2.17 bits per heavy atom. The minimum Gasteiger partial charge on any atom is -0.479 e. The molecule has 70 valence electrons. The van der Waals surface area contributed by atoms with Crippen LogP contribution in [-0.4, -0.2) is 46.1 Å². The second-order valence-corrected chi connectivity index (χ2v) is 2.38. The molecule has 0 fully saturated rings. The predicted octanol–water partition coefficient (Wildman–Crippen LogP) is -1.64. The number of aliphatic hydroxyl groups is 2. The van der Waals surface area contributed by atoms with E-state index in [1.807, 2.05) is 0 Å². The minimum atomic E-state index is -2.42. The Morgan fingerprint density at radius 1 is 1.50 bits per heavy atom. The molecule has 0 heterocycles. The molecule has 0 aromatic heterocycles. The van der Waals surface area contributed by atoms with Crippen LogP contribution in [0.4, 0.5) is 0 Å². The van der Waals surface area contributed by atoms with Gasteiger partial charge in [-0.25, -0.2) is 9.59 Å². The molecule has 0 spiro atoms. The first kappa shape index (κ1) is 10.9. The van der Waals surface area contributed by atoms with Crippen LogP contribution in [-0.2, 0) is 14.3 Å². The summed E-state index contributed by atoms with van der Waals surface area (Å²) in [5.74, 6) is -2.89. The molecule has 6 heteroatoms. The number of esters is 1. The average Bonchev–Trinajstić information content (AvgIpc) is 2.01. The number of hydrogen-bond acceptors (Lipinski definition) is 5. The highest BCUT2D eigenvalue weighted by atomic mass is 16.5. The van der Waals surface area contributed by atoms with Crippen molar-refractivity contribution in [3.63, 3.8) is 0 Å². The molecule has 6 nitrogen and oxygen atoms in total. The van der Waals surface area contributed by atoms with E-state index in [1.54, 1.807) is 0 Å². The fourth-order valence-electron chi connectivity index (χ4n) is 0.559. The molecule has 0 amide bonds. The molecule has 0 aromatic rings. The normalized spacial score (nSPS) is 17.7. The first-order valence-corrected chi connectivity index (χ1v) is 3.05. The summed E-state index contributed by atoms with van der Waals surface area (Å²) in [5, 5.41) is 26.2. The van der Waals surface area contributed by atoms with E-state index in [0.717, 1.165) is 14.0 Å². The highest BCUT2D eigenvalue weighted by molar-refractivity contribution is 5.87. The van der Waals surface area contributed by atoms with Gasteiger partial charge in [0, 0.05) is 0 Å². The summed E-state index contributed by atoms with van der Waals surface area (Å²) in [6.45, 7) is 0.859. The van der Waals surface area contributed by atoms with E-state index in [1.165, 1.54) is 0 Å². The number of aliphatic hydroxyl groups excluding tert-OH is 1. The van der Waals surface area contributed by atoms with Gasteiger partial charge in [0.1, 0.15) is 0 Å². The molecule has 0 radical (unpaired) electrons. The lowest BCUT2D eigenvalue weighted by Crippen LogP contribution is -2.51. The fourth-order valence-corrected chi connectivity index (χ4v) is 0.559. The number of carbonyl (C=O) groups is 2. The minimum absolute atomic E-state index is 0.859. The van der Waals surface area contributed by atoms with Crippen molar-refractivity contribution in [1.82, 2.24) is 0 Å². The second-order valence-electron chi connectivity index (χ2n) is 2.38. The Hall–Kier alpha value is -1.14. The Labute approximate surface area is 68.4 Å². The van der Waals surface area contributed by atoms with E-state index in [2.05, 4.69) is 4.74 Å². The van der Waals surface area contributed by atoms with Crippen molar-refractivity contribution in [3.8, 4) is 0 Å². The lowest BCUT2D eigenvalue weighted by molar-refractivity contribution is -0.182. The zero-order valence-corrected chi connectivity index (χ0v) is 6.64. The van der Waals surface area contributed by atoms with Gasteiger partial charge >= 0.3 is 11.9 Å².